The molecule has 0 aromatic carbocycles. The number of carbonyl (C=O) groups excluding carboxylic acids is 2. The molecule has 2 unspecified atom stereocenters. The second kappa shape index (κ2) is 13.9. The van der Waals surface area contributed by atoms with Crippen molar-refractivity contribution in [2.24, 2.45) is 11.8 Å². The van der Waals surface area contributed by atoms with Crippen LogP contribution in [-0.2, 0) is 37.4 Å². The van der Waals surface area contributed by atoms with Crippen molar-refractivity contribution < 1.29 is 34.5 Å². The van der Waals surface area contributed by atoms with E-state index in [1.165, 1.54) is 11.8 Å². The van der Waals surface area contributed by atoms with Crippen LogP contribution in [-0.4, -0.2) is 78.9 Å². The van der Waals surface area contributed by atoms with Gasteiger partial charge in [0.25, 0.3) is 5.91 Å². The lowest BCUT2D eigenvalue weighted by molar-refractivity contribution is -0.138. The number of thiol groups is 2. The summed E-state index contributed by atoms with van der Waals surface area (Å²) in [5.41, 5.74) is 7.16. The third-order valence-corrected chi connectivity index (χ3v) is 11.4. The molecule has 2 amide bonds. The number of aromatic amines is 1. The third kappa shape index (κ3) is 6.91. The van der Waals surface area contributed by atoms with Crippen LogP contribution in [0.25, 0.3) is 6.08 Å². The van der Waals surface area contributed by atoms with Gasteiger partial charge in [0.1, 0.15) is 6.10 Å². The van der Waals surface area contributed by atoms with Gasteiger partial charge in [0.05, 0.1) is 17.7 Å². The molecule has 4 aliphatic rings. The van der Waals surface area contributed by atoms with Gasteiger partial charge in [0.15, 0.2) is 11.0 Å². The lowest BCUT2D eigenvalue weighted by atomic mass is 9.85. The quantitative estimate of drug-likeness (QED) is 0.0842. The monoisotopic (exact) mass is 673 g/mol. The number of carboxylic acids is 2. The number of nitrogens with one attached hydrogen (secondary N) is 4. The fourth-order valence-corrected chi connectivity index (χ4v) is 8.43. The second-order valence-corrected chi connectivity index (χ2v) is 14.7. The molecule has 46 heavy (non-hydrogen) atoms. The van der Waals surface area contributed by atoms with E-state index in [4.69, 9.17) is 0 Å². The largest absolute Gasteiger partial charge is 0.481 e. The lowest BCUT2D eigenvalue weighted by Crippen LogP contribution is -2.36. The van der Waals surface area contributed by atoms with Gasteiger partial charge in [-0.1, -0.05) is 6.92 Å². The van der Waals surface area contributed by atoms with Gasteiger partial charge in [-0.05, 0) is 104 Å². The van der Waals surface area contributed by atoms with Crippen LogP contribution in [0, 0.1) is 18.8 Å². The van der Waals surface area contributed by atoms with Crippen LogP contribution < -0.4 is 16.0 Å². The van der Waals surface area contributed by atoms with Crippen LogP contribution >= 0.6 is 12.6 Å². The topological polar surface area (TPSA) is 181 Å². The maximum atomic E-state index is 12.7. The molecule has 0 bridgehead atoms. The van der Waals surface area contributed by atoms with Gasteiger partial charge in [-0.25, -0.2) is 0 Å². The Morgan fingerprint density at radius 3 is 2.30 bits per heavy atom. The fraction of sp³-hybridized carbons (Fsp3) is 0.576. The van der Waals surface area contributed by atoms with Crippen molar-refractivity contribution >= 4 is 54.2 Å². The molecule has 13 heteroatoms. The number of hydrogen-bond donors (Lipinski definition) is 8. The number of carboxylic acid groups (broad SMARTS) is 2. The average Bonchev–Trinajstić information content (AvgIpc) is 3.55. The first-order valence-electron chi connectivity index (χ1n) is 15.9. The van der Waals surface area contributed by atoms with Gasteiger partial charge in [-0.15, -0.1) is 0 Å². The van der Waals surface area contributed by atoms with Crippen LogP contribution in [0.1, 0.15) is 81.5 Å². The molecule has 1 aromatic heterocycles. The molecule has 0 aliphatic carbocycles. The summed E-state index contributed by atoms with van der Waals surface area (Å²) in [6, 6.07) is -0.798. The molecular formula is C33H45N4O7S2+. The summed E-state index contributed by atoms with van der Waals surface area (Å²) in [4.78, 5) is 51.9. The summed E-state index contributed by atoms with van der Waals surface area (Å²) >= 11 is 5.65. The van der Waals surface area contributed by atoms with Crippen LogP contribution in [0.4, 0.5) is 0 Å². The van der Waals surface area contributed by atoms with Crippen molar-refractivity contribution in [2.45, 2.75) is 95.7 Å². The second-order valence-electron chi connectivity index (χ2n) is 12.9. The van der Waals surface area contributed by atoms with Gasteiger partial charge in [0, 0.05) is 41.9 Å². The molecule has 2 saturated heterocycles. The Balaban J connectivity index is 1.49. The number of rotatable bonds is 14. The maximum Gasteiger partial charge on any atom is 0.303 e. The number of H-pyrrole nitrogens is 1. The Morgan fingerprint density at radius 1 is 1.02 bits per heavy atom. The van der Waals surface area contributed by atoms with Gasteiger partial charge in [0.2, 0.25) is 5.91 Å². The Hall–Kier alpha value is -3.16. The lowest BCUT2D eigenvalue weighted by Gasteiger charge is -2.25. The predicted molar refractivity (Wildman–Crippen MR) is 181 cm³/mol. The molecule has 1 aromatic rings. The van der Waals surface area contributed by atoms with Crippen LogP contribution in [0.5, 0.6) is 0 Å². The van der Waals surface area contributed by atoms with Gasteiger partial charge in [-0.3, -0.25) is 19.2 Å². The average molecular weight is 674 g/mol. The van der Waals surface area contributed by atoms with E-state index in [0.717, 1.165) is 44.9 Å². The van der Waals surface area contributed by atoms with Crippen molar-refractivity contribution in [3.63, 3.8) is 0 Å². The van der Waals surface area contributed by atoms with Crippen molar-refractivity contribution in [1.29, 1.82) is 0 Å². The van der Waals surface area contributed by atoms with Crippen molar-refractivity contribution in [3.05, 3.63) is 50.5 Å². The zero-order valence-corrected chi connectivity index (χ0v) is 28.4. The number of aliphatic carboxylic acids is 2. The molecule has 5 heterocycles. The number of aliphatic hydroxyl groups excluding tert-OH is 1. The minimum absolute atomic E-state index is 0.000490. The van der Waals surface area contributed by atoms with E-state index in [9.17, 15) is 34.5 Å². The van der Waals surface area contributed by atoms with Crippen molar-refractivity contribution in [2.75, 3.05) is 11.5 Å². The molecule has 7 N–H and O–H groups in total. The summed E-state index contributed by atoms with van der Waals surface area (Å²) < 4.78 is 0. The number of carbonyl (C=O) groups is 4. The highest BCUT2D eigenvalue weighted by Gasteiger charge is 2.47. The summed E-state index contributed by atoms with van der Waals surface area (Å²) in [7, 11) is 0. The highest BCUT2D eigenvalue weighted by Crippen LogP contribution is 2.39. The fourth-order valence-electron chi connectivity index (χ4n) is 7.34. The number of allylic oxidation sites excluding steroid dienone is 1. The molecule has 11 nitrogen and oxygen atoms in total. The van der Waals surface area contributed by atoms with Crippen LogP contribution in [0.3, 0.4) is 0 Å². The predicted octanol–water partition coefficient (Wildman–Crippen LogP) is 2.34. The number of hydrogen-bond acceptors (Lipinski definition) is 7. The van der Waals surface area contributed by atoms with Gasteiger partial charge in [-0.2, -0.15) is 12.6 Å². The molecule has 4 aliphatic heterocycles. The summed E-state index contributed by atoms with van der Waals surface area (Å²) in [6.45, 7) is 7.69. The molecule has 0 spiro atoms. The smallest absolute Gasteiger partial charge is 0.303 e. The third-order valence-electron chi connectivity index (χ3n) is 10.2. The van der Waals surface area contributed by atoms with Gasteiger partial charge < -0.3 is 36.3 Å². The van der Waals surface area contributed by atoms with E-state index >= 15 is 0 Å². The van der Waals surface area contributed by atoms with E-state index < -0.39 is 24.1 Å². The summed E-state index contributed by atoms with van der Waals surface area (Å²) in [5, 5.41) is 40.6. The van der Waals surface area contributed by atoms with E-state index in [1.54, 1.807) is 0 Å². The summed E-state index contributed by atoms with van der Waals surface area (Å²) in [5.74, 6) is -0.796. The molecule has 7 atom stereocenters. The zero-order valence-electron chi connectivity index (χ0n) is 26.6. The zero-order chi connectivity index (χ0) is 33.4. The normalized spacial score (nSPS) is 29.0. The SMILES string of the molecule is CC1=C(CCC(=O)O)/C(=C\c2[nH]c([C@H](O)C3NC(=O)[C@H](C)[C@H]3CCS)c(C)c2CCC(=O)O)NC1C[C@H]1NC(=O)C([C@H]2C[SH+]2)=C1C. The Bertz CT molecular complexity index is 1530. The molecular weight excluding hydrogens is 629 g/mol. The molecule has 250 valence electrons. The maximum absolute atomic E-state index is 12.7. The highest BCUT2D eigenvalue weighted by atomic mass is 32.2. The highest BCUT2D eigenvalue weighted by molar-refractivity contribution is 7.87. The first kappa shape index (κ1) is 34.2. The number of aliphatic hydroxyl groups is 1. The van der Waals surface area contributed by atoms with Gasteiger partial charge >= 0.3 is 11.9 Å². The van der Waals surface area contributed by atoms with Crippen molar-refractivity contribution in [1.82, 2.24) is 20.9 Å². The van der Waals surface area contributed by atoms with E-state index in [1.807, 2.05) is 33.8 Å². The van der Waals surface area contributed by atoms with Crippen LogP contribution in [0.2, 0.25) is 0 Å². The molecule has 5 rings (SSSR count). The van der Waals surface area contributed by atoms with Crippen LogP contribution in [0.15, 0.2) is 28.0 Å². The van der Waals surface area contributed by atoms with Crippen molar-refractivity contribution in [3.8, 4) is 0 Å². The van der Waals surface area contributed by atoms with E-state index in [2.05, 4.69) is 33.6 Å². The van der Waals surface area contributed by atoms with E-state index in [0.29, 0.717) is 41.7 Å². The van der Waals surface area contributed by atoms with E-state index in [-0.39, 0.29) is 55.0 Å². The Labute approximate surface area is 278 Å². The first-order valence-corrected chi connectivity index (χ1v) is 17.7. The minimum atomic E-state index is -1.05. The minimum Gasteiger partial charge on any atom is -0.481 e. The standard InChI is InChI=1S/C33H44N4O7S2/c1-14-18(5-7-26(38)39)23(34-21(14)11-22-17(4)28(25-13-46-25)33(44)36-22)12-24-19(6-8-27(40)41)15(2)29(35-24)31(42)30-20(9-10-45)16(3)32(43)37-30/h12,16,20-22,25,30-31,34-35,42,45H,5-11,13H2,1-4H3,(H,36,44)(H,37,43)(H,38,39)(H,40,41)/p+1/b23-12+/t16-,20-,21?,22-,25-,30?,31+/m1/s1. The molecule has 2 fully saturated rings. The number of aromatic nitrogens is 1. The Kier molecular flexibility index (Phi) is 10.3. The number of amides is 2. The first-order chi connectivity index (χ1) is 21.8. The summed E-state index contributed by atoms with van der Waals surface area (Å²) in [6.07, 6.45) is 2.42. The Morgan fingerprint density at radius 2 is 1.67 bits per heavy atom. The molecule has 0 saturated carbocycles. The molecule has 0 radical (unpaired) electrons.